The Morgan fingerprint density at radius 2 is 1.94 bits per heavy atom. The summed E-state index contributed by atoms with van der Waals surface area (Å²) in [6.45, 7) is 3.30. The zero-order valence-electron chi connectivity index (χ0n) is 18.2. The molecule has 0 saturated heterocycles. The average molecular weight is 439 g/mol. The van der Waals surface area contributed by atoms with Crippen LogP contribution in [0.4, 0.5) is 4.39 Å². The van der Waals surface area contributed by atoms with Gasteiger partial charge in [0.2, 0.25) is 5.76 Å². The third-order valence-corrected chi connectivity index (χ3v) is 5.65. The number of amides is 1. The van der Waals surface area contributed by atoms with Crippen molar-refractivity contribution in [1.82, 2.24) is 4.90 Å². The van der Waals surface area contributed by atoms with Crippen molar-refractivity contribution in [2.75, 3.05) is 26.9 Å². The minimum absolute atomic E-state index is 0.00974. The molecule has 4 rings (SSSR count). The predicted octanol–water partition coefficient (Wildman–Crippen LogP) is 4.69. The maximum atomic E-state index is 13.8. The van der Waals surface area contributed by atoms with Gasteiger partial charge in [-0.15, -0.1) is 0 Å². The van der Waals surface area contributed by atoms with Crippen LogP contribution in [0, 0.1) is 5.82 Å². The van der Waals surface area contributed by atoms with Crippen LogP contribution in [-0.4, -0.2) is 37.7 Å². The summed E-state index contributed by atoms with van der Waals surface area (Å²) in [5.41, 5.74) is 0.716. The topological polar surface area (TPSA) is 69.0 Å². The number of hydrogen-bond acceptors (Lipinski definition) is 5. The number of carbonyl (C=O) groups excluding carboxylic acids is 1. The lowest BCUT2D eigenvalue weighted by molar-refractivity contribution is 0.0663. The standard InChI is InChI=1S/C25H26FNO5/c1-3-4-5-12-31-18-8-6-7-16(14-18)22-21-23(28)19-15-17(26)9-10-20(19)32-24(21)25(29)27(22)11-13-30-2/h6-10,14-15,22H,3-5,11-13H2,1-2H3. The first-order valence-electron chi connectivity index (χ1n) is 10.8. The van der Waals surface area contributed by atoms with E-state index in [4.69, 9.17) is 13.9 Å². The molecule has 7 heteroatoms. The minimum Gasteiger partial charge on any atom is -0.494 e. The van der Waals surface area contributed by atoms with Gasteiger partial charge in [-0.25, -0.2) is 4.39 Å². The highest BCUT2D eigenvalue weighted by Gasteiger charge is 2.42. The zero-order chi connectivity index (χ0) is 22.7. The summed E-state index contributed by atoms with van der Waals surface area (Å²) in [5, 5.41) is 0.113. The summed E-state index contributed by atoms with van der Waals surface area (Å²) >= 11 is 0. The Labute approximate surface area is 185 Å². The van der Waals surface area contributed by atoms with Crippen LogP contribution in [0.5, 0.6) is 5.75 Å². The van der Waals surface area contributed by atoms with Crippen molar-refractivity contribution in [3.05, 3.63) is 75.4 Å². The molecule has 0 saturated carbocycles. The van der Waals surface area contributed by atoms with Crippen molar-refractivity contribution in [1.29, 1.82) is 0 Å². The fourth-order valence-electron chi connectivity index (χ4n) is 4.08. The zero-order valence-corrected chi connectivity index (χ0v) is 18.2. The van der Waals surface area contributed by atoms with Gasteiger partial charge in [-0.2, -0.15) is 0 Å². The van der Waals surface area contributed by atoms with Crippen LogP contribution in [0.3, 0.4) is 0 Å². The highest BCUT2D eigenvalue weighted by atomic mass is 19.1. The monoisotopic (exact) mass is 439 g/mol. The van der Waals surface area contributed by atoms with Crippen LogP contribution in [0.15, 0.2) is 51.7 Å². The second-order valence-electron chi connectivity index (χ2n) is 7.84. The Morgan fingerprint density at radius 3 is 2.72 bits per heavy atom. The minimum atomic E-state index is -0.671. The molecule has 1 amide bonds. The summed E-state index contributed by atoms with van der Waals surface area (Å²) < 4.78 is 30.7. The van der Waals surface area contributed by atoms with Crippen LogP contribution in [0.1, 0.15) is 53.9 Å². The number of benzene rings is 2. The van der Waals surface area contributed by atoms with E-state index in [1.54, 1.807) is 12.0 Å². The van der Waals surface area contributed by atoms with Crippen LogP contribution < -0.4 is 10.2 Å². The third kappa shape index (κ3) is 4.12. The Morgan fingerprint density at radius 1 is 1.09 bits per heavy atom. The molecule has 168 valence electrons. The van der Waals surface area contributed by atoms with Gasteiger partial charge in [0.15, 0.2) is 5.43 Å². The Bertz CT molecular complexity index is 1190. The molecular weight excluding hydrogens is 413 g/mol. The second-order valence-corrected chi connectivity index (χ2v) is 7.84. The van der Waals surface area contributed by atoms with Gasteiger partial charge in [0.1, 0.15) is 17.1 Å². The number of unbranched alkanes of at least 4 members (excludes halogenated alkanes) is 2. The van der Waals surface area contributed by atoms with Crippen molar-refractivity contribution in [2.45, 2.75) is 32.2 Å². The number of halogens is 1. The molecule has 1 unspecified atom stereocenters. The molecule has 0 bridgehead atoms. The lowest BCUT2D eigenvalue weighted by Gasteiger charge is -2.25. The van der Waals surface area contributed by atoms with E-state index in [2.05, 4.69) is 6.92 Å². The molecule has 6 nitrogen and oxygen atoms in total. The lowest BCUT2D eigenvalue weighted by atomic mass is 9.98. The molecule has 0 spiro atoms. The van der Waals surface area contributed by atoms with Gasteiger partial charge < -0.3 is 18.8 Å². The largest absolute Gasteiger partial charge is 0.494 e. The van der Waals surface area contributed by atoms with Gasteiger partial charge in [0.25, 0.3) is 5.91 Å². The van der Waals surface area contributed by atoms with Crippen LogP contribution in [0.25, 0.3) is 11.0 Å². The first-order chi connectivity index (χ1) is 15.5. The van der Waals surface area contributed by atoms with Gasteiger partial charge in [-0.05, 0) is 42.3 Å². The van der Waals surface area contributed by atoms with Gasteiger partial charge >= 0.3 is 0 Å². The Balaban J connectivity index is 1.80. The molecule has 2 aromatic carbocycles. The van der Waals surface area contributed by atoms with Gasteiger partial charge in [-0.1, -0.05) is 31.9 Å². The molecule has 2 heterocycles. The summed E-state index contributed by atoms with van der Waals surface area (Å²) in [6, 6.07) is 10.4. The first-order valence-corrected chi connectivity index (χ1v) is 10.8. The Hall–Kier alpha value is -3.19. The lowest BCUT2D eigenvalue weighted by Crippen LogP contribution is -2.32. The number of methoxy groups -OCH3 is 1. The van der Waals surface area contributed by atoms with Crippen LogP contribution >= 0.6 is 0 Å². The van der Waals surface area contributed by atoms with Gasteiger partial charge in [-0.3, -0.25) is 9.59 Å². The molecule has 0 N–H and O–H groups in total. The van der Waals surface area contributed by atoms with E-state index in [1.807, 2.05) is 24.3 Å². The van der Waals surface area contributed by atoms with E-state index >= 15 is 0 Å². The molecule has 1 aliphatic rings. The van der Waals surface area contributed by atoms with E-state index in [1.165, 1.54) is 12.1 Å². The first kappa shape index (κ1) is 22.0. The molecule has 0 radical (unpaired) electrons. The van der Waals surface area contributed by atoms with Crippen molar-refractivity contribution in [3.8, 4) is 5.75 Å². The van der Waals surface area contributed by atoms with E-state index < -0.39 is 17.3 Å². The quantitative estimate of drug-likeness (QED) is 0.453. The SMILES string of the molecule is CCCCCOc1cccc(C2c3c(oc4ccc(F)cc4c3=O)C(=O)N2CCOC)c1. The van der Waals surface area contributed by atoms with Crippen molar-refractivity contribution < 1.29 is 23.1 Å². The fourth-order valence-corrected chi connectivity index (χ4v) is 4.08. The van der Waals surface area contributed by atoms with Crippen LogP contribution in [0.2, 0.25) is 0 Å². The van der Waals surface area contributed by atoms with Crippen molar-refractivity contribution >= 4 is 16.9 Å². The maximum absolute atomic E-state index is 13.8. The van der Waals surface area contributed by atoms with E-state index in [0.717, 1.165) is 30.9 Å². The smallest absolute Gasteiger partial charge is 0.290 e. The molecule has 1 aliphatic heterocycles. The molecule has 1 atom stereocenters. The number of ether oxygens (including phenoxy) is 2. The maximum Gasteiger partial charge on any atom is 0.290 e. The normalized spacial score (nSPS) is 15.4. The second kappa shape index (κ2) is 9.53. The molecule has 3 aromatic rings. The molecule has 0 aliphatic carbocycles. The number of fused-ring (bicyclic) bond motifs is 2. The van der Waals surface area contributed by atoms with Gasteiger partial charge in [0, 0.05) is 13.7 Å². The number of nitrogens with zero attached hydrogens (tertiary/aromatic N) is 1. The average Bonchev–Trinajstić information content (AvgIpc) is 3.08. The summed E-state index contributed by atoms with van der Waals surface area (Å²) in [5.74, 6) is -0.268. The van der Waals surface area contributed by atoms with E-state index in [0.29, 0.717) is 19.0 Å². The fraction of sp³-hybridized carbons (Fsp3) is 0.360. The van der Waals surface area contributed by atoms with Gasteiger partial charge in [0.05, 0.1) is 30.2 Å². The number of hydrogen-bond donors (Lipinski definition) is 0. The number of rotatable bonds is 9. The third-order valence-electron chi connectivity index (χ3n) is 5.65. The molecule has 0 fully saturated rings. The van der Waals surface area contributed by atoms with Crippen LogP contribution in [-0.2, 0) is 4.74 Å². The highest BCUT2D eigenvalue weighted by molar-refractivity contribution is 5.99. The predicted molar refractivity (Wildman–Crippen MR) is 119 cm³/mol. The summed E-state index contributed by atoms with van der Waals surface area (Å²) in [7, 11) is 1.55. The van der Waals surface area contributed by atoms with E-state index in [9.17, 15) is 14.0 Å². The molecule has 1 aromatic heterocycles. The highest BCUT2D eigenvalue weighted by Crippen LogP contribution is 2.38. The van der Waals surface area contributed by atoms with Crippen molar-refractivity contribution in [3.63, 3.8) is 0 Å². The Kier molecular flexibility index (Phi) is 6.55. The summed E-state index contributed by atoms with van der Waals surface area (Å²) in [4.78, 5) is 28.2. The number of carbonyl (C=O) groups is 1. The molecular formula is C25H26FNO5. The summed E-state index contributed by atoms with van der Waals surface area (Å²) in [6.07, 6.45) is 3.13. The van der Waals surface area contributed by atoms with E-state index in [-0.39, 0.29) is 34.7 Å². The molecule has 32 heavy (non-hydrogen) atoms. The van der Waals surface area contributed by atoms with Crippen molar-refractivity contribution in [2.24, 2.45) is 0 Å².